The molecular formula is C13H20ClN3O. The van der Waals surface area contributed by atoms with Gasteiger partial charge in [-0.25, -0.2) is 4.68 Å². The van der Waals surface area contributed by atoms with E-state index in [-0.39, 0.29) is 10.6 Å². The standard InChI is InChI=1S/C13H20ClN3O/c1-8(2)7-17-13(18)12(14)11(6-15-17)16-9(3)10-4-5-10/h6,8-10,16H,4-5,7H2,1-3H3. The van der Waals surface area contributed by atoms with Crippen LogP contribution in [0.3, 0.4) is 0 Å². The van der Waals surface area contributed by atoms with E-state index in [0.717, 1.165) is 0 Å². The Balaban J connectivity index is 2.17. The van der Waals surface area contributed by atoms with E-state index in [9.17, 15) is 4.79 Å². The molecule has 0 bridgehead atoms. The molecule has 18 heavy (non-hydrogen) atoms. The van der Waals surface area contributed by atoms with Crippen molar-refractivity contribution in [3.05, 3.63) is 21.6 Å². The van der Waals surface area contributed by atoms with Gasteiger partial charge in [-0.05, 0) is 31.6 Å². The van der Waals surface area contributed by atoms with E-state index in [1.54, 1.807) is 6.20 Å². The molecule has 0 amide bonds. The molecule has 0 saturated heterocycles. The van der Waals surface area contributed by atoms with Gasteiger partial charge in [-0.2, -0.15) is 5.10 Å². The third kappa shape index (κ3) is 3.05. The maximum atomic E-state index is 12.0. The number of hydrogen-bond donors (Lipinski definition) is 1. The van der Waals surface area contributed by atoms with E-state index in [0.29, 0.717) is 30.1 Å². The molecule has 0 spiro atoms. The van der Waals surface area contributed by atoms with Crippen molar-refractivity contribution < 1.29 is 0 Å². The van der Waals surface area contributed by atoms with Crippen LogP contribution >= 0.6 is 11.6 Å². The fourth-order valence-electron chi connectivity index (χ4n) is 2.00. The van der Waals surface area contributed by atoms with Crippen LogP contribution in [0.5, 0.6) is 0 Å². The molecule has 0 aromatic carbocycles. The fourth-order valence-corrected chi connectivity index (χ4v) is 2.20. The molecule has 0 radical (unpaired) electrons. The van der Waals surface area contributed by atoms with Gasteiger partial charge in [-0.3, -0.25) is 4.79 Å². The summed E-state index contributed by atoms with van der Waals surface area (Å²) in [6, 6.07) is 0.352. The second-order valence-electron chi connectivity index (χ2n) is 5.52. The monoisotopic (exact) mass is 269 g/mol. The first-order valence-corrected chi connectivity index (χ1v) is 6.89. The Labute approximate surface area is 112 Å². The first kappa shape index (κ1) is 13.4. The number of rotatable bonds is 5. The van der Waals surface area contributed by atoms with Gasteiger partial charge in [0, 0.05) is 12.6 Å². The van der Waals surface area contributed by atoms with E-state index in [4.69, 9.17) is 11.6 Å². The Morgan fingerprint density at radius 1 is 1.50 bits per heavy atom. The van der Waals surface area contributed by atoms with E-state index in [1.165, 1.54) is 17.5 Å². The summed E-state index contributed by atoms with van der Waals surface area (Å²) < 4.78 is 1.43. The number of nitrogens with zero attached hydrogens (tertiary/aromatic N) is 2. The van der Waals surface area contributed by atoms with Crippen molar-refractivity contribution in [2.75, 3.05) is 5.32 Å². The summed E-state index contributed by atoms with van der Waals surface area (Å²) in [7, 11) is 0. The summed E-state index contributed by atoms with van der Waals surface area (Å²) in [6.07, 6.45) is 4.16. The van der Waals surface area contributed by atoms with Gasteiger partial charge >= 0.3 is 0 Å². The number of nitrogens with one attached hydrogen (secondary N) is 1. The van der Waals surface area contributed by atoms with Crippen molar-refractivity contribution in [3.8, 4) is 0 Å². The van der Waals surface area contributed by atoms with Crippen LogP contribution in [-0.2, 0) is 6.54 Å². The third-order valence-corrected chi connectivity index (χ3v) is 3.60. The normalized spacial score (nSPS) is 16.9. The van der Waals surface area contributed by atoms with Gasteiger partial charge in [0.2, 0.25) is 0 Å². The molecule has 1 aromatic heterocycles. The summed E-state index contributed by atoms with van der Waals surface area (Å²) in [5, 5.41) is 7.70. The highest BCUT2D eigenvalue weighted by Gasteiger charge is 2.28. The minimum absolute atomic E-state index is 0.210. The lowest BCUT2D eigenvalue weighted by Crippen LogP contribution is -2.27. The Morgan fingerprint density at radius 2 is 2.17 bits per heavy atom. The lowest BCUT2D eigenvalue weighted by molar-refractivity contribution is 0.464. The summed E-state index contributed by atoms with van der Waals surface area (Å²) in [5.74, 6) is 1.08. The van der Waals surface area contributed by atoms with Gasteiger partial charge in [0.1, 0.15) is 5.02 Å². The topological polar surface area (TPSA) is 46.9 Å². The first-order valence-electron chi connectivity index (χ1n) is 6.51. The van der Waals surface area contributed by atoms with Gasteiger partial charge < -0.3 is 5.32 Å². The molecule has 1 aliphatic rings. The number of halogens is 1. The lowest BCUT2D eigenvalue weighted by Gasteiger charge is -2.16. The highest BCUT2D eigenvalue weighted by molar-refractivity contribution is 6.32. The fraction of sp³-hybridized carbons (Fsp3) is 0.692. The molecule has 100 valence electrons. The molecule has 1 aliphatic carbocycles. The van der Waals surface area contributed by atoms with Gasteiger partial charge in [-0.1, -0.05) is 25.4 Å². The molecule has 1 saturated carbocycles. The van der Waals surface area contributed by atoms with Crippen LogP contribution in [0.15, 0.2) is 11.0 Å². The Morgan fingerprint density at radius 3 is 2.72 bits per heavy atom. The summed E-state index contributed by atoms with van der Waals surface area (Å²) in [5.41, 5.74) is 0.444. The van der Waals surface area contributed by atoms with Crippen LogP contribution in [0.1, 0.15) is 33.6 Å². The smallest absolute Gasteiger partial charge is 0.287 e. The zero-order chi connectivity index (χ0) is 13.3. The third-order valence-electron chi connectivity index (χ3n) is 3.24. The highest BCUT2D eigenvalue weighted by atomic mass is 35.5. The van der Waals surface area contributed by atoms with Crippen molar-refractivity contribution in [2.45, 2.75) is 46.2 Å². The summed E-state index contributed by atoms with van der Waals surface area (Å²) >= 11 is 6.12. The molecule has 4 nitrogen and oxygen atoms in total. The molecule has 1 aromatic rings. The van der Waals surface area contributed by atoms with Crippen molar-refractivity contribution in [1.82, 2.24) is 9.78 Å². The number of anilines is 1. The van der Waals surface area contributed by atoms with Crippen LogP contribution in [-0.4, -0.2) is 15.8 Å². The largest absolute Gasteiger partial charge is 0.380 e. The van der Waals surface area contributed by atoms with Crippen molar-refractivity contribution in [3.63, 3.8) is 0 Å². The predicted molar refractivity (Wildman–Crippen MR) is 74.2 cm³/mol. The zero-order valence-electron chi connectivity index (χ0n) is 11.1. The number of hydrogen-bond acceptors (Lipinski definition) is 3. The molecule has 2 rings (SSSR count). The molecule has 1 unspecified atom stereocenters. The van der Waals surface area contributed by atoms with E-state index >= 15 is 0 Å². The van der Waals surface area contributed by atoms with E-state index in [1.807, 2.05) is 13.8 Å². The molecule has 1 atom stereocenters. The van der Waals surface area contributed by atoms with Crippen LogP contribution < -0.4 is 10.9 Å². The van der Waals surface area contributed by atoms with E-state index in [2.05, 4.69) is 17.3 Å². The SMILES string of the molecule is CC(C)Cn1ncc(NC(C)C2CC2)c(Cl)c1=O. The quantitative estimate of drug-likeness (QED) is 0.894. The van der Waals surface area contributed by atoms with Crippen LogP contribution in [0, 0.1) is 11.8 Å². The lowest BCUT2D eigenvalue weighted by atomic mass is 10.2. The Bertz CT molecular complexity index is 480. The maximum absolute atomic E-state index is 12.0. The van der Waals surface area contributed by atoms with Gasteiger partial charge in [0.05, 0.1) is 11.9 Å². The van der Waals surface area contributed by atoms with Crippen LogP contribution in [0.4, 0.5) is 5.69 Å². The predicted octanol–water partition coefficient (Wildman–Crippen LogP) is 2.76. The average Bonchev–Trinajstić information content (AvgIpc) is 3.12. The van der Waals surface area contributed by atoms with Gasteiger partial charge in [0.15, 0.2) is 0 Å². The van der Waals surface area contributed by atoms with Gasteiger partial charge in [-0.15, -0.1) is 0 Å². The maximum Gasteiger partial charge on any atom is 0.287 e. The molecule has 0 aliphatic heterocycles. The summed E-state index contributed by atoms with van der Waals surface area (Å²) in [6.45, 7) is 6.80. The molecule has 1 N–H and O–H groups in total. The van der Waals surface area contributed by atoms with Gasteiger partial charge in [0.25, 0.3) is 5.56 Å². The molecule has 1 fully saturated rings. The second-order valence-corrected chi connectivity index (χ2v) is 5.90. The van der Waals surface area contributed by atoms with Crippen LogP contribution in [0.2, 0.25) is 5.02 Å². The number of aromatic nitrogens is 2. The van der Waals surface area contributed by atoms with Crippen molar-refractivity contribution >= 4 is 17.3 Å². The first-order chi connectivity index (χ1) is 8.49. The molecular weight excluding hydrogens is 250 g/mol. The average molecular weight is 270 g/mol. The molecule has 1 heterocycles. The van der Waals surface area contributed by atoms with Crippen LogP contribution in [0.25, 0.3) is 0 Å². The minimum Gasteiger partial charge on any atom is -0.380 e. The van der Waals surface area contributed by atoms with Crippen molar-refractivity contribution in [2.24, 2.45) is 11.8 Å². The van der Waals surface area contributed by atoms with Crippen molar-refractivity contribution in [1.29, 1.82) is 0 Å². The second kappa shape index (κ2) is 5.31. The highest BCUT2D eigenvalue weighted by Crippen LogP contribution is 2.34. The Kier molecular flexibility index (Phi) is 3.95. The summed E-state index contributed by atoms with van der Waals surface area (Å²) in [4.78, 5) is 12.0. The minimum atomic E-state index is -0.210. The van der Waals surface area contributed by atoms with E-state index < -0.39 is 0 Å². The zero-order valence-corrected chi connectivity index (χ0v) is 11.9. The molecule has 5 heteroatoms. The Hall–Kier alpha value is -1.03.